The summed E-state index contributed by atoms with van der Waals surface area (Å²) in [5.74, 6) is -0.118. The molecule has 0 unspecified atom stereocenters. The number of piperidine rings is 1. The smallest absolute Gasteiger partial charge is 0.117 e. The molecule has 1 aliphatic heterocycles. The van der Waals surface area contributed by atoms with Crippen molar-refractivity contribution in [1.29, 1.82) is 0 Å². The molecule has 0 amide bonds. The molecule has 2 spiro atoms. The summed E-state index contributed by atoms with van der Waals surface area (Å²) in [6.45, 7) is 5.83. The Morgan fingerprint density at radius 3 is 2.54 bits per heavy atom. The first-order valence-corrected chi connectivity index (χ1v) is 11.3. The number of fused-ring (bicyclic) bond motifs is 1. The highest BCUT2D eigenvalue weighted by atomic mass is 16.4. The maximum Gasteiger partial charge on any atom is 0.117 e. The molecule has 0 aromatic rings. The van der Waals surface area contributed by atoms with Gasteiger partial charge < -0.3 is 25.5 Å². The van der Waals surface area contributed by atoms with E-state index in [1.54, 1.807) is 0 Å². The molecule has 0 aromatic carbocycles. The van der Waals surface area contributed by atoms with Crippen LogP contribution in [-0.2, 0) is 0 Å². The van der Waals surface area contributed by atoms with Gasteiger partial charge in [0.2, 0.25) is 0 Å². The Balaban J connectivity index is 1.61. The third-order valence-electron chi connectivity index (χ3n) is 11.0. The van der Waals surface area contributed by atoms with Crippen LogP contribution < -0.4 is 0 Å². The van der Waals surface area contributed by atoms with Crippen molar-refractivity contribution in [2.75, 3.05) is 19.7 Å². The fourth-order valence-electron chi connectivity index (χ4n) is 10.5. The first-order valence-electron chi connectivity index (χ1n) is 11.3. The fourth-order valence-corrected chi connectivity index (χ4v) is 10.5. The summed E-state index contributed by atoms with van der Waals surface area (Å²) in [5, 5.41) is 56.0. The summed E-state index contributed by atoms with van der Waals surface area (Å²) in [6.07, 6.45) is 1.92. The lowest BCUT2D eigenvalue weighted by atomic mass is 9.43. The maximum atomic E-state index is 11.7. The minimum atomic E-state index is -1.48. The van der Waals surface area contributed by atoms with E-state index in [9.17, 15) is 25.5 Å². The van der Waals surface area contributed by atoms with Crippen LogP contribution in [0.25, 0.3) is 0 Å². The van der Waals surface area contributed by atoms with Crippen molar-refractivity contribution in [2.45, 2.75) is 75.9 Å². The molecular formula is C22H35NO5. The van der Waals surface area contributed by atoms with E-state index in [0.717, 1.165) is 38.8 Å². The number of hydrogen-bond donors (Lipinski definition) is 5. The molecule has 6 rings (SSSR count). The van der Waals surface area contributed by atoms with Gasteiger partial charge in [0.05, 0.1) is 24.9 Å². The zero-order valence-corrected chi connectivity index (χ0v) is 17.0. The van der Waals surface area contributed by atoms with Crippen LogP contribution in [0.2, 0.25) is 0 Å². The second-order valence-electron chi connectivity index (χ2n) is 11.4. The lowest BCUT2D eigenvalue weighted by molar-refractivity contribution is -0.240. The normalized spacial score (nSPS) is 67.0. The Morgan fingerprint density at radius 2 is 1.86 bits per heavy atom. The van der Waals surface area contributed by atoms with Crippen molar-refractivity contribution < 1.29 is 25.5 Å². The Labute approximate surface area is 166 Å². The van der Waals surface area contributed by atoms with Crippen LogP contribution in [0.5, 0.6) is 0 Å². The Hall–Kier alpha value is -0.240. The molecule has 5 aliphatic carbocycles. The van der Waals surface area contributed by atoms with Gasteiger partial charge in [-0.2, -0.15) is 0 Å². The third-order valence-corrected chi connectivity index (χ3v) is 11.0. The third kappa shape index (κ3) is 1.53. The highest BCUT2D eigenvalue weighted by Gasteiger charge is 2.88. The molecular weight excluding hydrogens is 358 g/mol. The molecule has 5 N–H and O–H groups in total. The largest absolute Gasteiger partial charge is 0.393 e. The monoisotopic (exact) mass is 393 g/mol. The molecule has 1 heterocycles. The standard InChI is InChI=1S/C22H35NO5/c1-3-23-9-19(2)7-6-13(25)22-12-5-4-11-8-20(12,18(27)21(11,28)10-24)14(17(22)23)15(26)16(19)22/h11-18,24-28H,3-10H2,1-2H3/t11-,12-,13+,14+,15+,16-,17-,18+,19+,20-,21-,22+/m1/s1. The zero-order chi connectivity index (χ0) is 19.9. The first kappa shape index (κ1) is 18.5. The Kier molecular flexibility index (Phi) is 3.40. The van der Waals surface area contributed by atoms with Crippen molar-refractivity contribution in [3.05, 3.63) is 0 Å². The minimum absolute atomic E-state index is 0.0186. The lowest BCUT2D eigenvalue weighted by Gasteiger charge is -2.65. The highest BCUT2D eigenvalue weighted by molar-refractivity contribution is 5.37. The molecule has 0 aromatic heterocycles. The van der Waals surface area contributed by atoms with E-state index < -0.39 is 41.3 Å². The van der Waals surface area contributed by atoms with Gasteiger partial charge in [0, 0.05) is 35.3 Å². The van der Waals surface area contributed by atoms with Crippen LogP contribution in [0.15, 0.2) is 0 Å². The molecule has 28 heavy (non-hydrogen) atoms. The summed E-state index contributed by atoms with van der Waals surface area (Å²) < 4.78 is 0. The Morgan fingerprint density at radius 1 is 1.11 bits per heavy atom. The predicted molar refractivity (Wildman–Crippen MR) is 101 cm³/mol. The quantitative estimate of drug-likeness (QED) is 0.451. The van der Waals surface area contributed by atoms with E-state index in [4.69, 9.17) is 0 Å². The van der Waals surface area contributed by atoms with Crippen molar-refractivity contribution in [3.63, 3.8) is 0 Å². The van der Waals surface area contributed by atoms with E-state index >= 15 is 0 Å². The summed E-state index contributed by atoms with van der Waals surface area (Å²) >= 11 is 0. The van der Waals surface area contributed by atoms with Gasteiger partial charge in [-0.3, -0.25) is 4.90 Å². The second-order valence-corrected chi connectivity index (χ2v) is 11.4. The van der Waals surface area contributed by atoms with Gasteiger partial charge in [-0.25, -0.2) is 0 Å². The fraction of sp³-hybridized carbons (Fsp3) is 1.00. The van der Waals surface area contributed by atoms with Gasteiger partial charge in [-0.1, -0.05) is 13.8 Å². The average Bonchev–Trinajstić information content (AvgIpc) is 3.15. The van der Waals surface area contributed by atoms with Gasteiger partial charge in [0.25, 0.3) is 0 Å². The number of aliphatic hydroxyl groups excluding tert-OH is 4. The van der Waals surface area contributed by atoms with Crippen molar-refractivity contribution in [3.8, 4) is 0 Å². The molecule has 7 bridgehead atoms. The lowest BCUT2D eigenvalue weighted by Crippen LogP contribution is -2.69. The number of rotatable bonds is 2. The van der Waals surface area contributed by atoms with Crippen molar-refractivity contribution >= 4 is 0 Å². The molecule has 6 heteroatoms. The summed E-state index contributed by atoms with van der Waals surface area (Å²) in [5.41, 5.74) is -2.51. The van der Waals surface area contributed by atoms with Gasteiger partial charge >= 0.3 is 0 Å². The topological polar surface area (TPSA) is 104 Å². The van der Waals surface area contributed by atoms with Crippen LogP contribution in [0, 0.1) is 39.9 Å². The summed E-state index contributed by atoms with van der Waals surface area (Å²) in [6, 6.07) is 0.0558. The molecule has 6 aliphatic rings. The van der Waals surface area contributed by atoms with E-state index in [2.05, 4.69) is 18.7 Å². The molecule has 1 saturated heterocycles. The molecule has 5 saturated carbocycles. The van der Waals surface area contributed by atoms with E-state index in [0.29, 0.717) is 6.42 Å². The van der Waals surface area contributed by atoms with Crippen LogP contribution in [0.1, 0.15) is 46.0 Å². The number of aliphatic hydroxyl groups is 5. The zero-order valence-electron chi connectivity index (χ0n) is 17.0. The number of hydrogen-bond acceptors (Lipinski definition) is 6. The summed E-state index contributed by atoms with van der Waals surface area (Å²) in [7, 11) is 0. The number of likely N-dealkylation sites (tertiary alicyclic amines) is 1. The van der Waals surface area contributed by atoms with Gasteiger partial charge in [-0.05, 0) is 55.9 Å². The van der Waals surface area contributed by atoms with Gasteiger partial charge in [0.15, 0.2) is 0 Å². The average molecular weight is 394 g/mol. The van der Waals surface area contributed by atoms with E-state index in [1.165, 1.54) is 0 Å². The van der Waals surface area contributed by atoms with Crippen molar-refractivity contribution in [2.24, 2.45) is 39.9 Å². The summed E-state index contributed by atoms with van der Waals surface area (Å²) in [4.78, 5) is 2.48. The van der Waals surface area contributed by atoms with Crippen LogP contribution in [0.3, 0.4) is 0 Å². The second kappa shape index (κ2) is 5.14. The van der Waals surface area contributed by atoms with E-state index in [1.807, 2.05) is 0 Å². The van der Waals surface area contributed by atoms with Crippen LogP contribution >= 0.6 is 0 Å². The molecule has 12 atom stereocenters. The molecule has 0 radical (unpaired) electrons. The molecule has 6 fully saturated rings. The van der Waals surface area contributed by atoms with E-state index in [-0.39, 0.29) is 35.1 Å². The predicted octanol–water partition coefficient (Wildman–Crippen LogP) is -0.0410. The first-order chi connectivity index (χ1) is 13.2. The highest BCUT2D eigenvalue weighted by Crippen LogP contribution is 2.83. The van der Waals surface area contributed by atoms with Crippen LogP contribution in [0.4, 0.5) is 0 Å². The van der Waals surface area contributed by atoms with Crippen LogP contribution in [-0.4, -0.2) is 80.1 Å². The van der Waals surface area contributed by atoms with Gasteiger partial charge in [0.1, 0.15) is 5.60 Å². The Bertz CT molecular complexity index is 719. The molecule has 6 nitrogen and oxygen atoms in total. The maximum absolute atomic E-state index is 11.7. The van der Waals surface area contributed by atoms with Gasteiger partial charge in [-0.15, -0.1) is 0 Å². The molecule has 158 valence electrons. The minimum Gasteiger partial charge on any atom is -0.393 e. The number of nitrogens with zero attached hydrogens (tertiary/aromatic N) is 1. The SMILES string of the molecule is CCN1C[C@]2(C)CC[C@H](O)[C@@]34[C@@H]2[C@@H](O)[C@@H]([C@@H]13)[C@@]12C[C@@H](CC[C@H]14)[C@](O)(CO)[C@H]2O. The van der Waals surface area contributed by atoms with Crippen molar-refractivity contribution in [1.82, 2.24) is 4.90 Å².